The summed E-state index contributed by atoms with van der Waals surface area (Å²) in [6.07, 6.45) is 2.87. The van der Waals surface area contributed by atoms with Crippen molar-refractivity contribution in [3.05, 3.63) is 60.2 Å². The molecule has 0 bridgehead atoms. The summed E-state index contributed by atoms with van der Waals surface area (Å²) < 4.78 is 31.4. The summed E-state index contributed by atoms with van der Waals surface area (Å²) in [4.78, 5) is 11.9. The molecule has 0 spiro atoms. The molecule has 0 aliphatic carbocycles. The van der Waals surface area contributed by atoms with E-state index >= 15 is 0 Å². The number of rotatable bonds is 6. The molecule has 126 valence electrons. The second-order valence-electron chi connectivity index (χ2n) is 4.81. The van der Waals surface area contributed by atoms with Crippen LogP contribution < -0.4 is 14.8 Å². The second-order valence-corrected chi connectivity index (χ2v) is 6.66. The fraction of sp³-hybridized carbons (Fsp3) is 0.118. The van der Waals surface area contributed by atoms with Gasteiger partial charge in [0.25, 0.3) is 0 Å². The van der Waals surface area contributed by atoms with Gasteiger partial charge in [0.2, 0.25) is 15.9 Å². The number of anilines is 1. The Morgan fingerprint density at radius 3 is 2.46 bits per heavy atom. The zero-order valence-electron chi connectivity index (χ0n) is 13.3. The molecule has 0 unspecified atom stereocenters. The number of nitrogens with one attached hydrogen (secondary N) is 2. The first kappa shape index (κ1) is 17.7. The summed E-state index contributed by atoms with van der Waals surface area (Å²) in [5.74, 6) is -0.0784. The minimum atomic E-state index is -3.66. The predicted octanol–water partition coefficient (Wildman–Crippen LogP) is 2.26. The van der Waals surface area contributed by atoms with E-state index in [1.165, 1.54) is 32.4 Å². The molecule has 2 aromatic rings. The maximum atomic E-state index is 12.0. The minimum absolute atomic E-state index is 0.0121. The normalized spacial score (nSPS) is 11.4. The van der Waals surface area contributed by atoms with Crippen LogP contribution in [0.2, 0.25) is 0 Å². The van der Waals surface area contributed by atoms with Crippen molar-refractivity contribution in [2.45, 2.75) is 4.90 Å². The third-order valence-corrected chi connectivity index (χ3v) is 4.65. The Labute approximate surface area is 141 Å². The molecule has 0 aromatic heterocycles. The Kier molecular flexibility index (Phi) is 5.73. The molecule has 6 nitrogen and oxygen atoms in total. The van der Waals surface area contributed by atoms with Crippen molar-refractivity contribution >= 4 is 27.7 Å². The number of benzene rings is 2. The van der Waals surface area contributed by atoms with Gasteiger partial charge in [-0.1, -0.05) is 24.3 Å². The SMILES string of the molecule is CNS(=O)(=O)c1cc(/C=C/C(=O)Nc2ccccc2)ccc1OC. The van der Waals surface area contributed by atoms with Gasteiger partial charge in [0.15, 0.2) is 0 Å². The zero-order valence-corrected chi connectivity index (χ0v) is 14.1. The number of ether oxygens (including phenoxy) is 1. The lowest BCUT2D eigenvalue weighted by atomic mass is 10.2. The van der Waals surface area contributed by atoms with Gasteiger partial charge in [-0.25, -0.2) is 13.1 Å². The first-order chi connectivity index (χ1) is 11.5. The number of hydrogen-bond acceptors (Lipinski definition) is 4. The number of carbonyl (C=O) groups is 1. The summed E-state index contributed by atoms with van der Waals surface area (Å²) >= 11 is 0. The molecule has 7 heteroatoms. The Morgan fingerprint density at radius 1 is 1.12 bits per heavy atom. The van der Waals surface area contributed by atoms with Crippen molar-refractivity contribution in [2.75, 3.05) is 19.5 Å². The topological polar surface area (TPSA) is 84.5 Å². The van der Waals surface area contributed by atoms with Crippen LogP contribution >= 0.6 is 0 Å². The highest BCUT2D eigenvalue weighted by Crippen LogP contribution is 2.25. The van der Waals surface area contributed by atoms with Gasteiger partial charge >= 0.3 is 0 Å². The van der Waals surface area contributed by atoms with Crippen molar-refractivity contribution in [1.29, 1.82) is 0 Å². The van der Waals surface area contributed by atoms with Gasteiger partial charge < -0.3 is 10.1 Å². The van der Waals surface area contributed by atoms with Crippen molar-refractivity contribution in [1.82, 2.24) is 4.72 Å². The third-order valence-electron chi connectivity index (χ3n) is 3.21. The van der Waals surface area contributed by atoms with Crippen LogP contribution in [-0.2, 0) is 14.8 Å². The largest absolute Gasteiger partial charge is 0.495 e. The van der Waals surface area contributed by atoms with E-state index < -0.39 is 10.0 Å². The van der Waals surface area contributed by atoms with Crippen LogP contribution in [0.5, 0.6) is 5.75 Å². The van der Waals surface area contributed by atoms with Gasteiger partial charge in [0.05, 0.1) is 7.11 Å². The molecule has 0 aliphatic heterocycles. The molecule has 2 N–H and O–H groups in total. The number of amides is 1. The maximum absolute atomic E-state index is 12.0. The molecule has 0 saturated carbocycles. The molecule has 0 aliphatic rings. The van der Waals surface area contributed by atoms with E-state index in [9.17, 15) is 13.2 Å². The maximum Gasteiger partial charge on any atom is 0.248 e. The fourth-order valence-corrected chi connectivity index (χ4v) is 2.92. The first-order valence-electron chi connectivity index (χ1n) is 7.12. The lowest BCUT2D eigenvalue weighted by molar-refractivity contribution is -0.111. The van der Waals surface area contributed by atoms with E-state index in [1.54, 1.807) is 24.3 Å². The van der Waals surface area contributed by atoms with E-state index in [-0.39, 0.29) is 16.6 Å². The highest BCUT2D eigenvalue weighted by atomic mass is 32.2. The van der Waals surface area contributed by atoms with Crippen LogP contribution in [0.15, 0.2) is 59.5 Å². The number of para-hydroxylation sites is 1. The quantitative estimate of drug-likeness (QED) is 0.786. The number of methoxy groups -OCH3 is 1. The van der Waals surface area contributed by atoms with E-state index in [0.717, 1.165) is 0 Å². The fourth-order valence-electron chi connectivity index (χ4n) is 1.99. The Hall–Kier alpha value is -2.64. The number of carbonyl (C=O) groups excluding carboxylic acids is 1. The Bertz CT molecular complexity index is 846. The van der Waals surface area contributed by atoms with E-state index in [4.69, 9.17) is 4.74 Å². The van der Waals surface area contributed by atoms with Crippen LogP contribution in [0.4, 0.5) is 5.69 Å². The van der Waals surface area contributed by atoms with Gasteiger partial charge in [-0.2, -0.15) is 0 Å². The highest BCUT2D eigenvalue weighted by molar-refractivity contribution is 7.89. The predicted molar refractivity (Wildman–Crippen MR) is 93.3 cm³/mol. The summed E-state index contributed by atoms with van der Waals surface area (Å²) in [5.41, 5.74) is 1.24. The molecule has 0 radical (unpaired) electrons. The van der Waals surface area contributed by atoms with Crippen molar-refractivity contribution in [3.8, 4) is 5.75 Å². The number of hydrogen-bond donors (Lipinski definition) is 2. The average molecular weight is 346 g/mol. The van der Waals surface area contributed by atoms with Gasteiger partial charge in [-0.3, -0.25) is 4.79 Å². The smallest absolute Gasteiger partial charge is 0.248 e. The molecular formula is C17H18N2O4S. The van der Waals surface area contributed by atoms with Gasteiger partial charge in [0, 0.05) is 11.8 Å². The van der Waals surface area contributed by atoms with Gasteiger partial charge in [-0.05, 0) is 43.0 Å². The standard InChI is InChI=1S/C17H18N2O4S/c1-18-24(21,22)16-12-13(8-10-15(16)23-2)9-11-17(20)19-14-6-4-3-5-7-14/h3-12,18H,1-2H3,(H,19,20)/b11-9+. The van der Waals surface area contributed by atoms with Gasteiger partial charge in [-0.15, -0.1) is 0 Å². The monoisotopic (exact) mass is 346 g/mol. The zero-order chi connectivity index (χ0) is 17.6. The van der Waals surface area contributed by atoms with E-state index in [1.807, 2.05) is 18.2 Å². The minimum Gasteiger partial charge on any atom is -0.495 e. The van der Waals surface area contributed by atoms with Crippen LogP contribution in [0.1, 0.15) is 5.56 Å². The number of sulfonamides is 1. The van der Waals surface area contributed by atoms with E-state index in [2.05, 4.69) is 10.0 Å². The molecule has 2 rings (SSSR count). The molecule has 1 amide bonds. The van der Waals surface area contributed by atoms with Crippen LogP contribution in [-0.4, -0.2) is 28.5 Å². The van der Waals surface area contributed by atoms with Crippen molar-refractivity contribution < 1.29 is 17.9 Å². The molecular weight excluding hydrogens is 328 g/mol. The molecule has 0 fully saturated rings. The highest BCUT2D eigenvalue weighted by Gasteiger charge is 2.17. The van der Waals surface area contributed by atoms with E-state index in [0.29, 0.717) is 11.3 Å². The van der Waals surface area contributed by atoms with Gasteiger partial charge in [0.1, 0.15) is 10.6 Å². The molecule has 0 atom stereocenters. The summed E-state index contributed by atoms with van der Waals surface area (Å²) in [6.45, 7) is 0. The van der Waals surface area contributed by atoms with Crippen LogP contribution in [0.3, 0.4) is 0 Å². The molecule has 2 aromatic carbocycles. The first-order valence-corrected chi connectivity index (χ1v) is 8.60. The second kappa shape index (κ2) is 7.76. The lowest BCUT2D eigenvalue weighted by Crippen LogP contribution is -2.19. The van der Waals surface area contributed by atoms with Crippen molar-refractivity contribution in [3.63, 3.8) is 0 Å². The lowest BCUT2D eigenvalue weighted by Gasteiger charge is -2.09. The molecule has 0 saturated heterocycles. The molecule has 24 heavy (non-hydrogen) atoms. The van der Waals surface area contributed by atoms with Crippen LogP contribution in [0, 0.1) is 0 Å². The average Bonchev–Trinajstić information content (AvgIpc) is 2.60. The third kappa shape index (κ3) is 4.43. The Morgan fingerprint density at radius 2 is 1.83 bits per heavy atom. The summed E-state index contributed by atoms with van der Waals surface area (Å²) in [5, 5.41) is 2.71. The summed E-state index contributed by atoms with van der Waals surface area (Å²) in [7, 11) is -0.940. The summed E-state index contributed by atoms with van der Waals surface area (Å²) in [6, 6.07) is 13.7. The molecule has 0 heterocycles. The van der Waals surface area contributed by atoms with Crippen LogP contribution in [0.25, 0.3) is 6.08 Å². The Balaban J connectivity index is 2.20. The van der Waals surface area contributed by atoms with Crippen molar-refractivity contribution in [2.24, 2.45) is 0 Å².